The van der Waals surface area contributed by atoms with Crippen LogP contribution in [0.15, 0.2) is 48.5 Å². The summed E-state index contributed by atoms with van der Waals surface area (Å²) in [5, 5.41) is 0. The molecular weight excluding hydrogens is 456 g/mol. The van der Waals surface area contributed by atoms with Crippen LogP contribution in [0.3, 0.4) is 0 Å². The van der Waals surface area contributed by atoms with E-state index in [4.69, 9.17) is 13.0 Å². The molecule has 0 N–H and O–H groups in total. The Kier molecular flexibility index (Phi) is 3.40. The van der Waals surface area contributed by atoms with Crippen molar-refractivity contribution in [2.24, 2.45) is 0 Å². The molecule has 0 aromatic heterocycles. The summed E-state index contributed by atoms with van der Waals surface area (Å²) in [4.78, 5) is 0. The normalized spacial score (nSPS) is 29.5. The Balaban J connectivity index is 2.01. The van der Waals surface area contributed by atoms with Crippen molar-refractivity contribution < 1.29 is 28.1 Å². The van der Waals surface area contributed by atoms with Crippen molar-refractivity contribution in [2.75, 3.05) is 7.11 Å². The van der Waals surface area contributed by atoms with E-state index < -0.39 is 23.3 Å². The van der Waals surface area contributed by atoms with E-state index in [0.717, 1.165) is 0 Å². The molecule has 0 radical (unpaired) electrons. The summed E-state index contributed by atoms with van der Waals surface area (Å²) in [6.07, 6.45) is 0.281. The molecule has 5 rings (SSSR count). The summed E-state index contributed by atoms with van der Waals surface area (Å²) in [5.41, 5.74) is 5.90. The zero-order valence-corrected chi connectivity index (χ0v) is 17.7. The average molecular weight is 471 g/mol. The molecule has 0 spiro atoms. The SMILES string of the molecule is COC1C2c3ccccc3C(c3ccccc32)[CH]1[Hg][Cl]. The third-order valence-electron chi connectivity index (χ3n) is 4.96. The Morgan fingerprint density at radius 2 is 1.30 bits per heavy atom. The summed E-state index contributed by atoms with van der Waals surface area (Å²) in [6.45, 7) is 0. The van der Waals surface area contributed by atoms with Gasteiger partial charge < -0.3 is 0 Å². The topological polar surface area (TPSA) is 9.23 Å². The molecule has 98 valence electrons. The van der Waals surface area contributed by atoms with Crippen LogP contribution in [0.1, 0.15) is 34.1 Å². The van der Waals surface area contributed by atoms with Gasteiger partial charge in [0.25, 0.3) is 0 Å². The van der Waals surface area contributed by atoms with Gasteiger partial charge in [0.15, 0.2) is 0 Å². The minimum absolute atomic E-state index is 0.281. The summed E-state index contributed by atoms with van der Waals surface area (Å²) < 4.78 is 6.49. The second-order valence-electron chi connectivity index (χ2n) is 5.73. The van der Waals surface area contributed by atoms with E-state index in [-0.39, 0.29) is 6.10 Å². The minimum atomic E-state index is -1.42. The number of methoxy groups -OCH3 is 1. The number of fused-ring (bicyclic) bond motifs is 1. The number of rotatable bonds is 2. The van der Waals surface area contributed by atoms with Crippen LogP contribution in [0.2, 0.25) is 3.43 Å². The first-order valence-electron chi connectivity index (χ1n) is 7.13. The first-order chi connectivity index (χ1) is 9.86. The molecule has 0 saturated carbocycles. The van der Waals surface area contributed by atoms with Crippen LogP contribution in [0.4, 0.5) is 0 Å². The molecule has 3 aliphatic rings. The van der Waals surface area contributed by atoms with E-state index in [2.05, 4.69) is 48.5 Å². The number of benzene rings is 2. The van der Waals surface area contributed by atoms with E-state index in [0.29, 0.717) is 15.3 Å². The number of halogens is 1. The molecule has 20 heavy (non-hydrogen) atoms. The average Bonchev–Trinajstić information content (AvgIpc) is 2.53. The molecule has 1 nitrogen and oxygen atoms in total. The predicted molar refractivity (Wildman–Crippen MR) is 77.0 cm³/mol. The molecule has 2 unspecified atom stereocenters. The second-order valence-corrected chi connectivity index (χ2v) is 13.3. The Morgan fingerprint density at radius 1 is 0.850 bits per heavy atom. The zero-order chi connectivity index (χ0) is 13.7. The van der Waals surface area contributed by atoms with E-state index in [1.54, 1.807) is 0 Å². The zero-order valence-electron chi connectivity index (χ0n) is 11.4. The summed E-state index contributed by atoms with van der Waals surface area (Å²) in [6, 6.07) is 17.7. The molecule has 0 fully saturated rings. The molecule has 2 atom stereocenters. The summed E-state index contributed by atoms with van der Waals surface area (Å²) in [7, 11) is 8.37. The van der Waals surface area contributed by atoms with Gasteiger partial charge in [-0.1, -0.05) is 0 Å². The van der Waals surface area contributed by atoms with Gasteiger partial charge >= 0.3 is 136 Å². The molecule has 2 aromatic rings. The van der Waals surface area contributed by atoms with Crippen molar-refractivity contribution in [3.8, 4) is 0 Å². The van der Waals surface area contributed by atoms with Gasteiger partial charge in [0.1, 0.15) is 0 Å². The molecule has 0 amide bonds. The molecule has 2 aromatic carbocycles. The third kappa shape index (κ3) is 1.69. The molecule has 0 saturated heterocycles. The van der Waals surface area contributed by atoms with Crippen LogP contribution in [-0.2, 0) is 28.1 Å². The first kappa shape index (κ1) is 13.3. The molecule has 2 bridgehead atoms. The molecule has 0 heterocycles. The van der Waals surface area contributed by atoms with Crippen LogP contribution >= 0.6 is 8.25 Å². The monoisotopic (exact) mass is 472 g/mol. The van der Waals surface area contributed by atoms with Gasteiger partial charge in [-0.15, -0.1) is 0 Å². The summed E-state index contributed by atoms with van der Waals surface area (Å²) >= 11 is -1.42. The van der Waals surface area contributed by atoms with Crippen LogP contribution in [-0.4, -0.2) is 13.2 Å². The Morgan fingerprint density at radius 3 is 1.70 bits per heavy atom. The van der Waals surface area contributed by atoms with Gasteiger partial charge in [-0.2, -0.15) is 0 Å². The van der Waals surface area contributed by atoms with Crippen LogP contribution in [0.5, 0.6) is 0 Å². The van der Waals surface area contributed by atoms with Gasteiger partial charge in [-0.3, -0.25) is 0 Å². The van der Waals surface area contributed by atoms with Gasteiger partial charge in [0.05, 0.1) is 0 Å². The molecule has 0 aliphatic heterocycles. The van der Waals surface area contributed by atoms with Crippen LogP contribution in [0.25, 0.3) is 0 Å². The number of ether oxygens (including phenoxy) is 1. The van der Waals surface area contributed by atoms with Crippen molar-refractivity contribution >= 4 is 8.25 Å². The quantitative estimate of drug-likeness (QED) is 0.594. The van der Waals surface area contributed by atoms with Crippen molar-refractivity contribution in [3.63, 3.8) is 0 Å². The molecule has 3 heteroatoms. The first-order valence-corrected chi connectivity index (χ1v) is 17.1. The van der Waals surface area contributed by atoms with E-state index in [9.17, 15) is 0 Å². The number of hydrogen-bond donors (Lipinski definition) is 0. The second kappa shape index (κ2) is 5.12. The number of hydrogen-bond acceptors (Lipinski definition) is 1. The fraction of sp³-hybridized carbons (Fsp3) is 0.294. The van der Waals surface area contributed by atoms with E-state index >= 15 is 0 Å². The van der Waals surface area contributed by atoms with Crippen molar-refractivity contribution in [1.29, 1.82) is 0 Å². The fourth-order valence-corrected chi connectivity index (χ4v) is 12.5. The fourth-order valence-electron chi connectivity index (χ4n) is 4.23. The maximum atomic E-state index is 6.52. The van der Waals surface area contributed by atoms with Gasteiger partial charge in [0, 0.05) is 0 Å². The molecular formula is C17H15ClHgO. The Hall–Kier alpha value is -0.375. The van der Waals surface area contributed by atoms with Gasteiger partial charge in [-0.05, 0) is 0 Å². The van der Waals surface area contributed by atoms with Crippen LogP contribution < -0.4 is 0 Å². The van der Waals surface area contributed by atoms with Crippen molar-refractivity contribution in [2.45, 2.75) is 21.4 Å². The van der Waals surface area contributed by atoms with Crippen LogP contribution in [0, 0.1) is 0 Å². The maximum absolute atomic E-state index is 6.52. The third-order valence-corrected chi connectivity index (χ3v) is 13.1. The van der Waals surface area contributed by atoms with E-state index in [1.165, 1.54) is 22.3 Å². The van der Waals surface area contributed by atoms with Crippen molar-refractivity contribution in [1.82, 2.24) is 0 Å². The standard InChI is InChI=1S/C17H15O.ClH.Hg/c1-18-16-10-15-11-6-2-4-8-13(11)17(16)14-9-5-3-7-12(14)15;;/h2-10,15-17H,1H3;1H;/q;;+1/p-1. The van der Waals surface area contributed by atoms with Crippen molar-refractivity contribution in [3.05, 3.63) is 70.8 Å². The predicted octanol–water partition coefficient (Wildman–Crippen LogP) is 4.32. The van der Waals surface area contributed by atoms with Gasteiger partial charge in [0.2, 0.25) is 0 Å². The Bertz CT molecular complexity index is 553. The van der Waals surface area contributed by atoms with E-state index in [1.807, 2.05) is 7.11 Å². The Labute approximate surface area is 135 Å². The summed E-state index contributed by atoms with van der Waals surface area (Å²) in [5.74, 6) is 0.845. The molecule has 3 aliphatic carbocycles. The van der Waals surface area contributed by atoms with Gasteiger partial charge in [-0.25, -0.2) is 0 Å².